The Labute approximate surface area is 99.6 Å². The van der Waals surface area contributed by atoms with Crippen molar-refractivity contribution in [3.05, 3.63) is 0 Å². The summed E-state index contributed by atoms with van der Waals surface area (Å²) in [5.74, 6) is 0.206. The number of hydrogen-bond acceptors (Lipinski definition) is 2. The van der Waals surface area contributed by atoms with Crippen LogP contribution < -0.4 is 5.32 Å². The van der Waals surface area contributed by atoms with Gasteiger partial charge in [-0.3, -0.25) is 0 Å². The van der Waals surface area contributed by atoms with Gasteiger partial charge in [0.2, 0.25) is 0 Å². The summed E-state index contributed by atoms with van der Waals surface area (Å²) in [5, 5.41) is 3.33. The molecule has 1 aliphatic rings. The molecule has 0 atom stereocenters. The predicted octanol–water partition coefficient (Wildman–Crippen LogP) is 3.80. The van der Waals surface area contributed by atoms with Gasteiger partial charge in [0.15, 0.2) is 0 Å². The molecule has 0 heterocycles. The van der Waals surface area contributed by atoms with Crippen LogP contribution in [-0.4, -0.2) is 24.4 Å². The van der Waals surface area contributed by atoms with Gasteiger partial charge in [-0.25, -0.2) is 0 Å². The number of nitrogens with one attached hydrogen (secondary N) is 1. The molecule has 1 fully saturated rings. The van der Waals surface area contributed by atoms with Gasteiger partial charge in [-0.2, -0.15) is 13.2 Å². The molecular formula is C11H20F3NS. The monoisotopic (exact) mass is 255 g/mol. The van der Waals surface area contributed by atoms with E-state index in [0.29, 0.717) is 6.42 Å². The summed E-state index contributed by atoms with van der Waals surface area (Å²) in [5.41, 5.74) is -3.91. The number of thioether (sulfide) groups is 1. The van der Waals surface area contributed by atoms with Crippen LogP contribution in [0.5, 0.6) is 0 Å². The second kappa shape index (κ2) is 6.15. The molecule has 1 nitrogen and oxygen atoms in total. The van der Waals surface area contributed by atoms with E-state index in [1.807, 2.05) is 0 Å². The summed E-state index contributed by atoms with van der Waals surface area (Å²) in [7, 11) is 0. The van der Waals surface area contributed by atoms with Gasteiger partial charge in [0, 0.05) is 12.3 Å². The Kier molecular flexibility index (Phi) is 5.44. The highest BCUT2D eigenvalue weighted by Crippen LogP contribution is 2.45. The maximum absolute atomic E-state index is 12.0. The standard InChI is InChI=1S/C11H20F3NS/c1-2-7-15-9-10(4-3-5-10)6-8-16-11(12,13)14/h15H,2-9H2,1H3. The first kappa shape index (κ1) is 14.2. The molecule has 0 aromatic carbocycles. The molecule has 16 heavy (non-hydrogen) atoms. The first-order valence-electron chi connectivity index (χ1n) is 5.89. The van der Waals surface area contributed by atoms with Crippen LogP contribution in [0.25, 0.3) is 0 Å². The van der Waals surface area contributed by atoms with Gasteiger partial charge in [0.1, 0.15) is 0 Å². The molecule has 0 saturated heterocycles. The van der Waals surface area contributed by atoms with Crippen molar-refractivity contribution in [1.29, 1.82) is 0 Å². The van der Waals surface area contributed by atoms with Crippen molar-refractivity contribution in [1.82, 2.24) is 5.32 Å². The Morgan fingerprint density at radius 3 is 2.44 bits per heavy atom. The molecule has 96 valence electrons. The minimum atomic E-state index is -4.07. The zero-order valence-electron chi connectivity index (χ0n) is 9.70. The first-order valence-corrected chi connectivity index (χ1v) is 6.87. The largest absolute Gasteiger partial charge is 0.441 e. The van der Waals surface area contributed by atoms with Crippen molar-refractivity contribution in [2.45, 2.75) is 44.5 Å². The topological polar surface area (TPSA) is 12.0 Å². The molecule has 1 rings (SSSR count). The zero-order valence-corrected chi connectivity index (χ0v) is 10.5. The van der Waals surface area contributed by atoms with E-state index in [2.05, 4.69) is 12.2 Å². The van der Waals surface area contributed by atoms with E-state index in [-0.39, 0.29) is 22.9 Å². The highest BCUT2D eigenvalue weighted by Gasteiger charge is 2.37. The smallest absolute Gasteiger partial charge is 0.316 e. The van der Waals surface area contributed by atoms with Crippen molar-refractivity contribution < 1.29 is 13.2 Å². The van der Waals surface area contributed by atoms with Crippen LogP contribution in [0.3, 0.4) is 0 Å². The van der Waals surface area contributed by atoms with Crippen LogP contribution in [0.1, 0.15) is 39.0 Å². The Bertz CT molecular complexity index is 202. The number of hydrogen-bond donors (Lipinski definition) is 1. The summed E-state index contributed by atoms with van der Waals surface area (Å²) in [6, 6.07) is 0. The van der Waals surface area contributed by atoms with Gasteiger partial charge >= 0.3 is 5.51 Å². The van der Waals surface area contributed by atoms with E-state index >= 15 is 0 Å². The van der Waals surface area contributed by atoms with E-state index in [9.17, 15) is 13.2 Å². The van der Waals surface area contributed by atoms with E-state index in [4.69, 9.17) is 0 Å². The lowest BCUT2D eigenvalue weighted by Gasteiger charge is -2.42. The minimum Gasteiger partial charge on any atom is -0.316 e. The quantitative estimate of drug-likeness (QED) is 0.694. The first-order chi connectivity index (χ1) is 7.47. The van der Waals surface area contributed by atoms with Crippen LogP contribution in [0.2, 0.25) is 0 Å². The van der Waals surface area contributed by atoms with Crippen LogP contribution in [0.4, 0.5) is 13.2 Å². The summed E-state index contributed by atoms with van der Waals surface area (Å²) < 4.78 is 36.0. The van der Waals surface area contributed by atoms with E-state index in [0.717, 1.165) is 32.4 Å². The van der Waals surface area contributed by atoms with Crippen molar-refractivity contribution in [2.75, 3.05) is 18.8 Å². The van der Waals surface area contributed by atoms with Crippen molar-refractivity contribution in [3.8, 4) is 0 Å². The van der Waals surface area contributed by atoms with Crippen LogP contribution in [0.15, 0.2) is 0 Å². The molecule has 1 N–H and O–H groups in total. The van der Waals surface area contributed by atoms with Gasteiger partial charge in [0.05, 0.1) is 0 Å². The van der Waals surface area contributed by atoms with Gasteiger partial charge in [-0.15, -0.1) is 0 Å². The second-order valence-electron chi connectivity index (χ2n) is 4.57. The van der Waals surface area contributed by atoms with Crippen LogP contribution in [-0.2, 0) is 0 Å². The summed E-state index contributed by atoms with van der Waals surface area (Å²) in [6.07, 6.45) is 5.11. The lowest BCUT2D eigenvalue weighted by Crippen LogP contribution is -2.40. The summed E-state index contributed by atoms with van der Waals surface area (Å²) in [4.78, 5) is 0. The number of alkyl halides is 3. The SMILES string of the molecule is CCCNCC1(CCSC(F)(F)F)CCC1. The third-order valence-electron chi connectivity index (χ3n) is 3.24. The zero-order chi connectivity index (χ0) is 12.1. The normalized spacial score (nSPS) is 19.5. The Hall–Kier alpha value is 0.100. The Morgan fingerprint density at radius 1 is 1.31 bits per heavy atom. The molecule has 0 aromatic heterocycles. The highest BCUT2D eigenvalue weighted by atomic mass is 32.2. The molecule has 0 unspecified atom stereocenters. The lowest BCUT2D eigenvalue weighted by molar-refractivity contribution is -0.0330. The molecular weight excluding hydrogens is 235 g/mol. The maximum Gasteiger partial charge on any atom is 0.441 e. The fourth-order valence-corrected chi connectivity index (χ4v) is 2.87. The fraction of sp³-hybridized carbons (Fsp3) is 1.00. The summed E-state index contributed by atoms with van der Waals surface area (Å²) >= 11 is 0.121. The van der Waals surface area contributed by atoms with Gasteiger partial charge < -0.3 is 5.32 Å². The molecule has 0 aromatic rings. The second-order valence-corrected chi connectivity index (χ2v) is 5.73. The van der Waals surface area contributed by atoms with Crippen LogP contribution >= 0.6 is 11.8 Å². The van der Waals surface area contributed by atoms with Gasteiger partial charge in [-0.1, -0.05) is 25.1 Å². The van der Waals surface area contributed by atoms with Gasteiger partial charge in [0.25, 0.3) is 0 Å². The average molecular weight is 255 g/mol. The van der Waals surface area contributed by atoms with E-state index < -0.39 is 5.51 Å². The predicted molar refractivity (Wildman–Crippen MR) is 62.6 cm³/mol. The van der Waals surface area contributed by atoms with Crippen molar-refractivity contribution in [3.63, 3.8) is 0 Å². The molecule has 0 radical (unpaired) electrons. The number of halogens is 3. The third-order valence-corrected chi connectivity index (χ3v) is 3.97. The van der Waals surface area contributed by atoms with E-state index in [1.165, 1.54) is 6.42 Å². The molecule has 0 amide bonds. The molecule has 5 heteroatoms. The molecule has 1 aliphatic carbocycles. The number of rotatable bonds is 7. The average Bonchev–Trinajstić information content (AvgIpc) is 2.11. The third kappa shape index (κ3) is 4.95. The van der Waals surface area contributed by atoms with Crippen molar-refractivity contribution >= 4 is 11.8 Å². The highest BCUT2D eigenvalue weighted by molar-refractivity contribution is 8.00. The summed E-state index contributed by atoms with van der Waals surface area (Å²) in [6.45, 7) is 3.95. The minimum absolute atomic E-state index is 0.121. The Morgan fingerprint density at radius 2 is 2.00 bits per heavy atom. The van der Waals surface area contributed by atoms with Crippen molar-refractivity contribution in [2.24, 2.45) is 5.41 Å². The maximum atomic E-state index is 12.0. The fourth-order valence-electron chi connectivity index (χ4n) is 2.11. The van der Waals surface area contributed by atoms with Crippen LogP contribution in [0, 0.1) is 5.41 Å². The lowest BCUT2D eigenvalue weighted by atomic mass is 9.67. The van der Waals surface area contributed by atoms with Gasteiger partial charge in [-0.05, 0) is 37.6 Å². The Balaban J connectivity index is 2.20. The molecule has 0 aliphatic heterocycles. The molecule has 1 saturated carbocycles. The molecule has 0 spiro atoms. The molecule has 0 bridgehead atoms. The van der Waals surface area contributed by atoms with E-state index in [1.54, 1.807) is 0 Å².